The predicted octanol–water partition coefficient (Wildman–Crippen LogP) is 2.02. The van der Waals surface area contributed by atoms with Gasteiger partial charge >= 0.3 is 5.69 Å². The van der Waals surface area contributed by atoms with E-state index in [1.54, 1.807) is 14.2 Å². The van der Waals surface area contributed by atoms with Crippen molar-refractivity contribution in [1.29, 1.82) is 0 Å². The molecule has 2 aromatic heterocycles. The quantitative estimate of drug-likeness (QED) is 0.689. The number of benzene rings is 1. The molecule has 0 N–H and O–H groups in total. The van der Waals surface area contributed by atoms with E-state index in [1.807, 2.05) is 48.4 Å². The molecule has 3 aromatic rings. The van der Waals surface area contributed by atoms with Crippen molar-refractivity contribution < 1.29 is 4.74 Å². The monoisotopic (exact) mass is 383 g/mol. The molecule has 0 saturated heterocycles. The standard InChI is InChI=1S/C20H25N5O3/c1-12(2)11-25-18(26)16-17(22(4)20(25)27)21-19-23(8-9-24(16)19)14-10-13(3)6-7-15(14)28-5/h6-7,10,12H,8-9,11H2,1-5H3. The smallest absolute Gasteiger partial charge is 0.332 e. The highest BCUT2D eigenvalue weighted by Crippen LogP contribution is 2.37. The first kappa shape index (κ1) is 18.3. The maximum atomic E-state index is 13.1. The lowest BCUT2D eigenvalue weighted by molar-refractivity contribution is 0.415. The van der Waals surface area contributed by atoms with Crippen molar-refractivity contribution in [2.24, 2.45) is 13.0 Å². The minimum atomic E-state index is -0.331. The second-order valence-corrected chi connectivity index (χ2v) is 7.71. The summed E-state index contributed by atoms with van der Waals surface area (Å²) in [7, 11) is 3.31. The van der Waals surface area contributed by atoms with Crippen LogP contribution in [-0.4, -0.2) is 32.3 Å². The molecule has 0 atom stereocenters. The van der Waals surface area contributed by atoms with Crippen LogP contribution in [0.5, 0.6) is 5.75 Å². The Bertz CT molecular complexity index is 1190. The van der Waals surface area contributed by atoms with Gasteiger partial charge in [0.1, 0.15) is 5.75 Å². The minimum Gasteiger partial charge on any atom is -0.495 e. The summed E-state index contributed by atoms with van der Waals surface area (Å²) in [6, 6.07) is 5.97. The Hall–Kier alpha value is -3.03. The molecule has 8 nitrogen and oxygen atoms in total. The zero-order valence-electron chi connectivity index (χ0n) is 16.9. The second-order valence-electron chi connectivity index (χ2n) is 7.71. The van der Waals surface area contributed by atoms with Crippen molar-refractivity contribution in [2.75, 3.05) is 18.6 Å². The van der Waals surface area contributed by atoms with Gasteiger partial charge in [0, 0.05) is 26.7 Å². The van der Waals surface area contributed by atoms with E-state index in [0.717, 1.165) is 17.0 Å². The molecule has 1 aliphatic heterocycles. The zero-order chi connectivity index (χ0) is 20.2. The molecule has 4 rings (SSSR count). The van der Waals surface area contributed by atoms with Crippen LogP contribution in [0.2, 0.25) is 0 Å². The lowest BCUT2D eigenvalue weighted by Gasteiger charge is -2.19. The molecule has 28 heavy (non-hydrogen) atoms. The Kier molecular flexibility index (Phi) is 4.28. The average molecular weight is 383 g/mol. The average Bonchev–Trinajstić information content (AvgIpc) is 3.22. The molecule has 0 amide bonds. The molecule has 0 unspecified atom stereocenters. The van der Waals surface area contributed by atoms with Gasteiger partial charge < -0.3 is 14.2 Å². The molecule has 8 heteroatoms. The van der Waals surface area contributed by atoms with Crippen LogP contribution < -0.4 is 20.9 Å². The topological polar surface area (TPSA) is 74.3 Å². The largest absolute Gasteiger partial charge is 0.495 e. The SMILES string of the molecule is COc1ccc(C)cc1N1CCn2c1nc1c2c(=O)n(CC(C)C)c(=O)n1C. The van der Waals surface area contributed by atoms with E-state index in [0.29, 0.717) is 36.7 Å². The number of imidazole rings is 1. The van der Waals surface area contributed by atoms with Crippen molar-refractivity contribution >= 4 is 22.8 Å². The fourth-order valence-corrected chi connectivity index (χ4v) is 3.84. The Morgan fingerprint density at radius 1 is 1.21 bits per heavy atom. The third-order valence-electron chi connectivity index (χ3n) is 5.17. The molecular weight excluding hydrogens is 358 g/mol. The van der Waals surface area contributed by atoms with Crippen LogP contribution in [-0.2, 0) is 20.1 Å². The first-order chi connectivity index (χ1) is 13.3. The summed E-state index contributed by atoms with van der Waals surface area (Å²) in [4.78, 5) is 32.6. The maximum absolute atomic E-state index is 13.1. The Morgan fingerprint density at radius 2 is 1.96 bits per heavy atom. The van der Waals surface area contributed by atoms with Crippen LogP contribution in [0, 0.1) is 12.8 Å². The summed E-state index contributed by atoms with van der Waals surface area (Å²) in [5.74, 6) is 1.60. The number of ether oxygens (including phenoxy) is 1. The number of fused-ring (bicyclic) bond motifs is 3. The number of aryl methyl sites for hydroxylation is 2. The van der Waals surface area contributed by atoms with Gasteiger partial charge in [0.2, 0.25) is 5.95 Å². The highest BCUT2D eigenvalue weighted by atomic mass is 16.5. The molecule has 1 aromatic carbocycles. The highest BCUT2D eigenvalue weighted by Gasteiger charge is 2.30. The number of methoxy groups -OCH3 is 1. The summed E-state index contributed by atoms with van der Waals surface area (Å²) in [5.41, 5.74) is 2.31. The Balaban J connectivity index is 1.96. The summed E-state index contributed by atoms with van der Waals surface area (Å²) in [6.45, 7) is 7.70. The molecule has 3 heterocycles. The van der Waals surface area contributed by atoms with E-state index in [1.165, 1.54) is 9.13 Å². The number of aromatic nitrogens is 4. The number of hydrogen-bond donors (Lipinski definition) is 0. The summed E-state index contributed by atoms with van der Waals surface area (Å²) in [6.07, 6.45) is 0. The second kappa shape index (κ2) is 6.54. The van der Waals surface area contributed by atoms with Gasteiger partial charge in [0.25, 0.3) is 5.56 Å². The molecule has 0 spiro atoms. The van der Waals surface area contributed by atoms with E-state index in [9.17, 15) is 9.59 Å². The molecule has 0 radical (unpaired) electrons. The first-order valence-electron chi connectivity index (χ1n) is 9.45. The fourth-order valence-electron chi connectivity index (χ4n) is 3.84. The first-order valence-corrected chi connectivity index (χ1v) is 9.45. The van der Waals surface area contributed by atoms with Gasteiger partial charge in [-0.2, -0.15) is 4.98 Å². The van der Waals surface area contributed by atoms with Crippen molar-refractivity contribution in [3.63, 3.8) is 0 Å². The van der Waals surface area contributed by atoms with E-state index in [-0.39, 0.29) is 17.2 Å². The number of hydrogen-bond acceptors (Lipinski definition) is 5. The van der Waals surface area contributed by atoms with Gasteiger partial charge in [0.05, 0.1) is 12.8 Å². The number of rotatable bonds is 4. The van der Waals surface area contributed by atoms with Crippen LogP contribution >= 0.6 is 0 Å². The lowest BCUT2D eigenvalue weighted by atomic mass is 10.2. The normalized spacial score (nSPS) is 13.6. The van der Waals surface area contributed by atoms with Crippen LogP contribution in [0.25, 0.3) is 11.2 Å². The van der Waals surface area contributed by atoms with Gasteiger partial charge in [-0.25, -0.2) is 4.79 Å². The molecule has 0 bridgehead atoms. The van der Waals surface area contributed by atoms with Crippen molar-refractivity contribution in [1.82, 2.24) is 18.7 Å². The van der Waals surface area contributed by atoms with Gasteiger partial charge in [-0.15, -0.1) is 0 Å². The van der Waals surface area contributed by atoms with Gasteiger partial charge in [0.15, 0.2) is 11.2 Å². The van der Waals surface area contributed by atoms with E-state index < -0.39 is 0 Å². The zero-order valence-corrected chi connectivity index (χ0v) is 16.9. The van der Waals surface area contributed by atoms with Crippen LogP contribution in [0.3, 0.4) is 0 Å². The molecule has 148 valence electrons. The van der Waals surface area contributed by atoms with Crippen LogP contribution in [0.4, 0.5) is 11.6 Å². The van der Waals surface area contributed by atoms with Crippen LogP contribution in [0.1, 0.15) is 19.4 Å². The number of anilines is 2. The highest BCUT2D eigenvalue weighted by molar-refractivity contribution is 5.79. The Morgan fingerprint density at radius 3 is 2.64 bits per heavy atom. The minimum absolute atomic E-state index is 0.192. The molecule has 0 aliphatic carbocycles. The molecule has 1 aliphatic rings. The van der Waals surface area contributed by atoms with Gasteiger partial charge in [-0.1, -0.05) is 19.9 Å². The molecule has 0 saturated carbocycles. The van der Waals surface area contributed by atoms with Crippen molar-refractivity contribution in [3.8, 4) is 5.75 Å². The summed E-state index contributed by atoms with van der Waals surface area (Å²) < 4.78 is 10.2. The van der Waals surface area contributed by atoms with E-state index >= 15 is 0 Å². The van der Waals surface area contributed by atoms with Crippen LogP contribution in [0.15, 0.2) is 27.8 Å². The van der Waals surface area contributed by atoms with Crippen molar-refractivity contribution in [2.45, 2.75) is 33.9 Å². The molecule has 0 fully saturated rings. The lowest BCUT2D eigenvalue weighted by Crippen LogP contribution is -2.40. The maximum Gasteiger partial charge on any atom is 0.332 e. The van der Waals surface area contributed by atoms with E-state index in [2.05, 4.69) is 4.98 Å². The summed E-state index contributed by atoms with van der Waals surface area (Å²) in [5, 5.41) is 0. The van der Waals surface area contributed by atoms with Crippen molar-refractivity contribution in [3.05, 3.63) is 44.6 Å². The third kappa shape index (κ3) is 2.63. The van der Waals surface area contributed by atoms with Gasteiger partial charge in [-0.3, -0.25) is 13.9 Å². The predicted molar refractivity (Wildman–Crippen MR) is 109 cm³/mol. The summed E-state index contributed by atoms with van der Waals surface area (Å²) >= 11 is 0. The third-order valence-corrected chi connectivity index (χ3v) is 5.17. The Labute approximate surface area is 162 Å². The number of nitrogens with zero attached hydrogens (tertiary/aromatic N) is 5. The van der Waals surface area contributed by atoms with E-state index in [4.69, 9.17) is 4.74 Å². The molecular formula is C20H25N5O3. The fraction of sp³-hybridized carbons (Fsp3) is 0.450. The van der Waals surface area contributed by atoms with Gasteiger partial charge in [-0.05, 0) is 30.5 Å².